The van der Waals surface area contributed by atoms with Crippen LogP contribution in [0.25, 0.3) is 0 Å². The van der Waals surface area contributed by atoms with E-state index >= 15 is 0 Å². The molecule has 0 aliphatic carbocycles. The van der Waals surface area contributed by atoms with Crippen molar-refractivity contribution in [3.05, 3.63) is 133 Å². The minimum absolute atomic E-state index is 0.123. The van der Waals surface area contributed by atoms with E-state index in [1.807, 2.05) is 84.9 Å². The number of nitrogens with one attached hydrogen (secondary N) is 2. The topological polar surface area (TPSA) is 97.0 Å². The summed E-state index contributed by atoms with van der Waals surface area (Å²) in [5, 5.41) is 6.15. The minimum atomic E-state index is -0.310. The smallest absolute Gasteiger partial charge is 0.244 e. The molecule has 8 nitrogen and oxygen atoms in total. The molecule has 0 atom stereocenters. The standard InChI is InChI=1S/C40H45N3O5/c1-31(41-35-19-23-37(24-20-35)47-29-33-14-8-5-9-15-33)27-43(40(46)18-12-4-3-7-13-32(2)44)28-39(45)42-36-21-25-38(26-22-36)48-30-34-16-10-6-11-17-34/h5-6,8-11,14-17,19-26,41H,1,3-4,7,12-13,18,27-30H2,2H3,(H,42,45). The number of hydrogen-bond donors (Lipinski definition) is 2. The Hall–Kier alpha value is -5.37. The van der Waals surface area contributed by atoms with E-state index in [0.717, 1.165) is 41.8 Å². The van der Waals surface area contributed by atoms with Crippen LogP contribution in [0.15, 0.2) is 121 Å². The van der Waals surface area contributed by atoms with Crippen molar-refractivity contribution in [2.75, 3.05) is 23.7 Å². The number of ether oxygens (including phenoxy) is 2. The lowest BCUT2D eigenvalue weighted by atomic mass is 10.1. The van der Waals surface area contributed by atoms with E-state index in [0.29, 0.717) is 49.6 Å². The van der Waals surface area contributed by atoms with Gasteiger partial charge in [-0.05, 0) is 79.4 Å². The zero-order valence-corrected chi connectivity index (χ0v) is 27.7. The first-order valence-corrected chi connectivity index (χ1v) is 16.4. The molecule has 2 N–H and O–H groups in total. The van der Waals surface area contributed by atoms with Gasteiger partial charge in [-0.3, -0.25) is 9.59 Å². The van der Waals surface area contributed by atoms with E-state index in [-0.39, 0.29) is 30.7 Å². The summed E-state index contributed by atoms with van der Waals surface area (Å²) in [5.41, 5.74) is 4.13. The molecule has 0 aromatic heterocycles. The molecular weight excluding hydrogens is 602 g/mol. The van der Waals surface area contributed by atoms with Crippen LogP contribution in [-0.2, 0) is 27.6 Å². The number of anilines is 2. The van der Waals surface area contributed by atoms with Crippen LogP contribution >= 0.6 is 0 Å². The molecule has 4 aromatic rings. The number of hydrogen-bond acceptors (Lipinski definition) is 6. The number of benzene rings is 4. The van der Waals surface area contributed by atoms with Crippen LogP contribution in [0.1, 0.15) is 56.6 Å². The van der Waals surface area contributed by atoms with Gasteiger partial charge in [0.25, 0.3) is 0 Å². The van der Waals surface area contributed by atoms with Gasteiger partial charge in [-0.15, -0.1) is 0 Å². The molecule has 0 fully saturated rings. The molecule has 0 saturated heterocycles. The maximum absolute atomic E-state index is 13.3. The van der Waals surface area contributed by atoms with Crippen LogP contribution in [0.3, 0.4) is 0 Å². The molecule has 0 unspecified atom stereocenters. The predicted molar refractivity (Wildman–Crippen MR) is 191 cm³/mol. The zero-order valence-electron chi connectivity index (χ0n) is 27.7. The van der Waals surface area contributed by atoms with Gasteiger partial charge in [-0.1, -0.05) is 80.1 Å². The number of carbonyl (C=O) groups is 3. The Bertz CT molecular complexity index is 1490. The fourth-order valence-corrected chi connectivity index (χ4v) is 4.99. The number of nitrogens with zero attached hydrogens (tertiary/aromatic N) is 1. The zero-order chi connectivity index (χ0) is 34.0. The van der Waals surface area contributed by atoms with Gasteiger partial charge in [0.1, 0.15) is 37.0 Å². The molecule has 2 amide bonds. The van der Waals surface area contributed by atoms with Crippen LogP contribution in [0.2, 0.25) is 0 Å². The van der Waals surface area contributed by atoms with Crippen molar-refractivity contribution in [1.29, 1.82) is 0 Å². The molecule has 0 heterocycles. The number of Topliss-reactive ketones (excluding diaryl/α,β-unsaturated/α-hetero) is 1. The third kappa shape index (κ3) is 13.2. The fraction of sp³-hybridized carbons (Fsp3) is 0.275. The van der Waals surface area contributed by atoms with E-state index in [1.165, 1.54) is 4.90 Å². The molecule has 0 radical (unpaired) electrons. The molecule has 48 heavy (non-hydrogen) atoms. The minimum Gasteiger partial charge on any atom is -0.489 e. The number of ketones is 1. The first-order chi connectivity index (χ1) is 23.3. The SMILES string of the molecule is C=C(CN(CC(=O)Nc1ccc(OCc2ccccc2)cc1)C(=O)CCCCCCC(C)=O)Nc1ccc(OCc2ccccc2)cc1. The Labute approximate surface area is 283 Å². The van der Waals surface area contributed by atoms with Crippen LogP contribution < -0.4 is 20.1 Å². The highest BCUT2D eigenvalue weighted by Gasteiger charge is 2.18. The molecule has 0 spiro atoms. The second kappa shape index (κ2) is 19.3. The lowest BCUT2D eigenvalue weighted by Crippen LogP contribution is -2.39. The normalized spacial score (nSPS) is 10.5. The molecule has 8 heteroatoms. The van der Waals surface area contributed by atoms with Crippen molar-refractivity contribution >= 4 is 29.0 Å². The second-order valence-corrected chi connectivity index (χ2v) is 11.7. The van der Waals surface area contributed by atoms with Gasteiger partial charge in [0.15, 0.2) is 0 Å². The summed E-state index contributed by atoms with van der Waals surface area (Å²) in [6.45, 7) is 6.69. The monoisotopic (exact) mass is 647 g/mol. The number of rotatable bonds is 20. The van der Waals surface area contributed by atoms with E-state index in [4.69, 9.17) is 9.47 Å². The number of unbranched alkanes of at least 4 members (excludes halogenated alkanes) is 3. The lowest BCUT2D eigenvalue weighted by Gasteiger charge is -2.24. The van der Waals surface area contributed by atoms with Crippen molar-refractivity contribution < 1.29 is 23.9 Å². The van der Waals surface area contributed by atoms with E-state index in [2.05, 4.69) is 17.2 Å². The Morgan fingerprint density at radius 2 is 1.08 bits per heavy atom. The van der Waals surface area contributed by atoms with E-state index < -0.39 is 0 Å². The maximum atomic E-state index is 13.3. The summed E-state index contributed by atoms with van der Waals surface area (Å²) in [5.74, 6) is 1.17. The Morgan fingerprint density at radius 1 is 0.604 bits per heavy atom. The summed E-state index contributed by atoms with van der Waals surface area (Å²) >= 11 is 0. The van der Waals surface area contributed by atoms with Crippen molar-refractivity contribution in [2.24, 2.45) is 0 Å². The Kier molecular flexibility index (Phi) is 14.3. The number of amides is 2. The molecular formula is C40H45N3O5. The first-order valence-electron chi connectivity index (χ1n) is 16.4. The molecule has 4 aromatic carbocycles. The third-order valence-electron chi connectivity index (χ3n) is 7.55. The third-order valence-corrected chi connectivity index (χ3v) is 7.55. The average Bonchev–Trinajstić information content (AvgIpc) is 3.09. The average molecular weight is 648 g/mol. The van der Waals surface area contributed by atoms with E-state index in [1.54, 1.807) is 31.2 Å². The van der Waals surface area contributed by atoms with Gasteiger partial charge in [-0.25, -0.2) is 0 Å². The highest BCUT2D eigenvalue weighted by molar-refractivity contribution is 5.94. The summed E-state index contributed by atoms with van der Waals surface area (Å²) in [7, 11) is 0. The van der Waals surface area contributed by atoms with Gasteiger partial charge in [0, 0.05) is 29.9 Å². The molecule has 0 bridgehead atoms. The van der Waals surface area contributed by atoms with Gasteiger partial charge in [0.2, 0.25) is 11.8 Å². The highest BCUT2D eigenvalue weighted by Crippen LogP contribution is 2.20. The fourth-order valence-electron chi connectivity index (χ4n) is 4.99. The molecule has 250 valence electrons. The Morgan fingerprint density at radius 3 is 1.58 bits per heavy atom. The van der Waals surface area contributed by atoms with Gasteiger partial charge < -0.3 is 29.8 Å². The highest BCUT2D eigenvalue weighted by atomic mass is 16.5. The van der Waals surface area contributed by atoms with Crippen molar-refractivity contribution in [3.63, 3.8) is 0 Å². The van der Waals surface area contributed by atoms with Crippen LogP contribution in [0.4, 0.5) is 11.4 Å². The quantitative estimate of drug-likeness (QED) is 0.0940. The molecule has 0 saturated carbocycles. The van der Waals surface area contributed by atoms with Crippen LogP contribution in [0, 0.1) is 0 Å². The molecule has 0 aliphatic rings. The van der Waals surface area contributed by atoms with Crippen LogP contribution in [-0.4, -0.2) is 35.6 Å². The summed E-state index contributed by atoms with van der Waals surface area (Å²) in [6, 6.07) is 34.5. The molecule has 0 aliphatic heterocycles. The predicted octanol–water partition coefficient (Wildman–Crippen LogP) is 8.17. The van der Waals surface area contributed by atoms with Crippen molar-refractivity contribution in [2.45, 2.75) is 58.7 Å². The summed E-state index contributed by atoms with van der Waals surface area (Å²) in [4.78, 5) is 39.2. The van der Waals surface area contributed by atoms with Crippen LogP contribution in [0.5, 0.6) is 11.5 Å². The lowest BCUT2D eigenvalue weighted by molar-refractivity contribution is -0.134. The second-order valence-electron chi connectivity index (χ2n) is 11.7. The van der Waals surface area contributed by atoms with E-state index in [9.17, 15) is 14.4 Å². The largest absolute Gasteiger partial charge is 0.489 e. The maximum Gasteiger partial charge on any atom is 0.244 e. The Balaban J connectivity index is 1.30. The summed E-state index contributed by atoms with van der Waals surface area (Å²) in [6.07, 6.45) is 4.10. The number of carbonyl (C=O) groups excluding carboxylic acids is 3. The van der Waals surface area contributed by atoms with Gasteiger partial charge in [0.05, 0.1) is 6.54 Å². The van der Waals surface area contributed by atoms with Gasteiger partial charge >= 0.3 is 0 Å². The van der Waals surface area contributed by atoms with Gasteiger partial charge in [-0.2, -0.15) is 0 Å². The summed E-state index contributed by atoms with van der Waals surface area (Å²) < 4.78 is 11.7. The first kappa shape index (κ1) is 35.5. The molecule has 4 rings (SSSR count). The van der Waals surface area contributed by atoms with Crippen molar-refractivity contribution in [3.8, 4) is 11.5 Å². The van der Waals surface area contributed by atoms with Crippen molar-refractivity contribution in [1.82, 2.24) is 4.90 Å².